The third-order valence-electron chi connectivity index (χ3n) is 4.32. The average molecular weight is 327 g/mol. The number of aryl methyl sites for hydroxylation is 1. The van der Waals surface area contributed by atoms with Gasteiger partial charge in [-0.05, 0) is 18.9 Å². The van der Waals surface area contributed by atoms with Gasteiger partial charge < -0.3 is 9.42 Å². The molecule has 3 rings (SSSR count). The normalized spacial score (nSPS) is 16.2. The largest absolute Gasteiger partial charge is 0.339 e. The lowest BCUT2D eigenvalue weighted by Crippen LogP contribution is -2.34. The van der Waals surface area contributed by atoms with Gasteiger partial charge in [0.1, 0.15) is 0 Å². The summed E-state index contributed by atoms with van der Waals surface area (Å²) < 4.78 is 5.18. The first-order chi connectivity index (χ1) is 11.6. The molecule has 6 heteroatoms. The quantitative estimate of drug-likeness (QED) is 0.815. The lowest BCUT2D eigenvalue weighted by atomic mass is 10.00. The minimum absolute atomic E-state index is 0.0322. The number of carbonyl (C=O) groups excluding carboxylic acids is 2. The SMILES string of the molecule is CCCc1nc(CN(CC)C(=O)[C@@H]2CC(=O)c3ccccc32)no1. The Hall–Kier alpha value is -2.50. The second-order valence-corrected chi connectivity index (χ2v) is 5.97. The van der Waals surface area contributed by atoms with Crippen LogP contribution in [0.1, 0.15) is 60.2 Å². The molecule has 0 radical (unpaired) electrons. The maximum Gasteiger partial charge on any atom is 0.231 e. The summed E-state index contributed by atoms with van der Waals surface area (Å²) in [5.74, 6) is 0.668. The highest BCUT2D eigenvalue weighted by atomic mass is 16.5. The number of hydrogen-bond donors (Lipinski definition) is 0. The molecular weight excluding hydrogens is 306 g/mol. The number of carbonyl (C=O) groups is 2. The van der Waals surface area contributed by atoms with Gasteiger partial charge in [0.15, 0.2) is 11.6 Å². The van der Waals surface area contributed by atoms with Crippen molar-refractivity contribution in [3.8, 4) is 0 Å². The molecule has 0 N–H and O–H groups in total. The third kappa shape index (κ3) is 3.09. The summed E-state index contributed by atoms with van der Waals surface area (Å²) in [6.45, 7) is 4.78. The number of amides is 1. The van der Waals surface area contributed by atoms with E-state index in [9.17, 15) is 9.59 Å². The smallest absolute Gasteiger partial charge is 0.231 e. The maximum atomic E-state index is 12.9. The molecule has 0 aliphatic heterocycles. The van der Waals surface area contributed by atoms with Gasteiger partial charge in [0.25, 0.3) is 0 Å². The highest BCUT2D eigenvalue weighted by molar-refractivity contribution is 6.06. The number of ketones is 1. The van der Waals surface area contributed by atoms with E-state index >= 15 is 0 Å². The fourth-order valence-electron chi connectivity index (χ4n) is 3.09. The monoisotopic (exact) mass is 327 g/mol. The molecule has 1 amide bonds. The topological polar surface area (TPSA) is 76.3 Å². The van der Waals surface area contributed by atoms with Crippen LogP contribution in [0, 0.1) is 0 Å². The molecule has 0 saturated heterocycles. The van der Waals surface area contributed by atoms with Crippen molar-refractivity contribution in [1.29, 1.82) is 0 Å². The zero-order valence-electron chi connectivity index (χ0n) is 14.0. The van der Waals surface area contributed by atoms with Crippen LogP contribution in [-0.4, -0.2) is 33.3 Å². The lowest BCUT2D eigenvalue weighted by molar-refractivity contribution is -0.133. The second kappa shape index (κ2) is 6.95. The Balaban J connectivity index is 1.76. The lowest BCUT2D eigenvalue weighted by Gasteiger charge is -2.23. The van der Waals surface area contributed by atoms with Gasteiger partial charge >= 0.3 is 0 Å². The van der Waals surface area contributed by atoms with Crippen molar-refractivity contribution < 1.29 is 14.1 Å². The number of aromatic nitrogens is 2. The average Bonchev–Trinajstić information content (AvgIpc) is 3.17. The Bertz CT molecular complexity index is 753. The van der Waals surface area contributed by atoms with E-state index < -0.39 is 5.92 Å². The number of hydrogen-bond acceptors (Lipinski definition) is 5. The summed E-state index contributed by atoms with van der Waals surface area (Å²) in [5, 5.41) is 3.94. The van der Waals surface area contributed by atoms with Crippen LogP contribution in [0.4, 0.5) is 0 Å². The molecule has 2 aromatic rings. The second-order valence-electron chi connectivity index (χ2n) is 5.97. The zero-order valence-corrected chi connectivity index (χ0v) is 14.0. The van der Waals surface area contributed by atoms with Crippen molar-refractivity contribution in [2.45, 2.75) is 45.6 Å². The Morgan fingerprint density at radius 1 is 1.33 bits per heavy atom. The standard InChI is InChI=1S/C18H21N3O3/c1-3-7-17-19-16(20-24-17)11-21(4-2)18(23)14-10-15(22)13-9-6-5-8-12(13)14/h5-6,8-9,14H,3-4,7,10-11H2,1-2H3/t14-/m1/s1. The van der Waals surface area contributed by atoms with E-state index in [1.807, 2.05) is 32.0 Å². The van der Waals surface area contributed by atoms with Crippen LogP contribution in [0.3, 0.4) is 0 Å². The molecule has 0 saturated carbocycles. The summed E-state index contributed by atoms with van der Waals surface area (Å²) in [6, 6.07) is 7.35. The molecule has 0 unspecified atom stereocenters. The minimum Gasteiger partial charge on any atom is -0.339 e. The third-order valence-corrected chi connectivity index (χ3v) is 4.32. The van der Waals surface area contributed by atoms with Crippen molar-refractivity contribution in [2.24, 2.45) is 0 Å². The zero-order chi connectivity index (χ0) is 17.1. The molecule has 1 aromatic heterocycles. The highest BCUT2D eigenvalue weighted by Gasteiger charge is 2.36. The van der Waals surface area contributed by atoms with E-state index in [1.165, 1.54) is 0 Å². The molecule has 0 fully saturated rings. The van der Waals surface area contributed by atoms with E-state index in [1.54, 1.807) is 11.0 Å². The number of nitrogens with zero attached hydrogens (tertiary/aromatic N) is 3. The van der Waals surface area contributed by atoms with Crippen molar-refractivity contribution in [1.82, 2.24) is 15.0 Å². The van der Waals surface area contributed by atoms with Gasteiger partial charge in [0.05, 0.1) is 12.5 Å². The summed E-state index contributed by atoms with van der Waals surface area (Å²) in [5.41, 5.74) is 1.49. The van der Waals surface area contributed by atoms with Gasteiger partial charge in [-0.3, -0.25) is 9.59 Å². The fraction of sp³-hybridized carbons (Fsp3) is 0.444. The van der Waals surface area contributed by atoms with Gasteiger partial charge in [-0.25, -0.2) is 0 Å². The van der Waals surface area contributed by atoms with Crippen LogP contribution in [0.5, 0.6) is 0 Å². The van der Waals surface area contributed by atoms with E-state index in [0.29, 0.717) is 30.4 Å². The van der Waals surface area contributed by atoms with E-state index in [-0.39, 0.29) is 18.1 Å². The summed E-state index contributed by atoms with van der Waals surface area (Å²) >= 11 is 0. The van der Waals surface area contributed by atoms with Crippen LogP contribution < -0.4 is 0 Å². The first-order valence-electron chi connectivity index (χ1n) is 8.36. The van der Waals surface area contributed by atoms with Crippen molar-refractivity contribution in [3.63, 3.8) is 0 Å². The number of benzene rings is 1. The summed E-state index contributed by atoms with van der Waals surface area (Å²) in [7, 11) is 0. The Morgan fingerprint density at radius 2 is 2.12 bits per heavy atom. The van der Waals surface area contributed by atoms with Gasteiger partial charge in [-0.2, -0.15) is 4.98 Å². The fourth-order valence-corrected chi connectivity index (χ4v) is 3.09. The predicted octanol–water partition coefficient (Wildman–Crippen LogP) is 2.74. The molecule has 1 atom stereocenters. The molecule has 0 bridgehead atoms. The van der Waals surface area contributed by atoms with Gasteiger partial charge in [0.2, 0.25) is 11.8 Å². The number of fused-ring (bicyclic) bond motifs is 1. The van der Waals surface area contributed by atoms with E-state index in [0.717, 1.165) is 18.4 Å². The molecule has 1 aliphatic carbocycles. The molecule has 6 nitrogen and oxygen atoms in total. The Labute approximate surface area is 140 Å². The summed E-state index contributed by atoms with van der Waals surface area (Å²) in [4.78, 5) is 31.0. The van der Waals surface area contributed by atoms with Crippen molar-refractivity contribution in [3.05, 3.63) is 47.1 Å². The Morgan fingerprint density at radius 3 is 2.88 bits per heavy atom. The van der Waals surface area contributed by atoms with Crippen LogP contribution >= 0.6 is 0 Å². The molecule has 0 spiro atoms. The minimum atomic E-state index is -0.407. The van der Waals surface area contributed by atoms with Gasteiger partial charge in [-0.1, -0.05) is 36.3 Å². The predicted molar refractivity (Wildman–Crippen MR) is 87.5 cm³/mol. The van der Waals surface area contributed by atoms with E-state index in [4.69, 9.17) is 4.52 Å². The van der Waals surface area contributed by atoms with Crippen LogP contribution in [-0.2, 0) is 17.8 Å². The molecule has 126 valence electrons. The number of likely N-dealkylation sites (N-methyl/N-ethyl adjacent to an activating group) is 1. The number of rotatable bonds is 6. The highest BCUT2D eigenvalue weighted by Crippen LogP contribution is 2.34. The van der Waals surface area contributed by atoms with Gasteiger partial charge in [0, 0.05) is 24.9 Å². The number of Topliss-reactive ketones (excluding diaryl/α,β-unsaturated/α-hetero) is 1. The molecule has 1 aliphatic rings. The van der Waals surface area contributed by atoms with Gasteiger partial charge in [-0.15, -0.1) is 0 Å². The summed E-state index contributed by atoms with van der Waals surface area (Å²) in [6.07, 6.45) is 1.90. The van der Waals surface area contributed by atoms with Crippen molar-refractivity contribution >= 4 is 11.7 Å². The molecule has 24 heavy (non-hydrogen) atoms. The first kappa shape index (κ1) is 16.4. The Kier molecular flexibility index (Phi) is 4.74. The maximum absolute atomic E-state index is 12.9. The molecular formula is C18H21N3O3. The van der Waals surface area contributed by atoms with E-state index in [2.05, 4.69) is 10.1 Å². The van der Waals surface area contributed by atoms with Crippen LogP contribution in [0.15, 0.2) is 28.8 Å². The van der Waals surface area contributed by atoms with Crippen LogP contribution in [0.2, 0.25) is 0 Å². The first-order valence-corrected chi connectivity index (χ1v) is 8.36. The molecule has 1 heterocycles. The van der Waals surface area contributed by atoms with Crippen LogP contribution in [0.25, 0.3) is 0 Å². The van der Waals surface area contributed by atoms with Crippen molar-refractivity contribution in [2.75, 3.05) is 6.54 Å². The molecule has 1 aromatic carbocycles.